The van der Waals surface area contributed by atoms with Gasteiger partial charge in [-0.2, -0.15) is 0 Å². The lowest BCUT2D eigenvalue weighted by atomic mass is 10.1. The molecule has 2 aromatic heterocycles. The van der Waals surface area contributed by atoms with Gasteiger partial charge in [-0.3, -0.25) is 9.98 Å². The summed E-state index contributed by atoms with van der Waals surface area (Å²) < 4.78 is 10.9. The van der Waals surface area contributed by atoms with Gasteiger partial charge in [0, 0.05) is 37.5 Å². The van der Waals surface area contributed by atoms with Gasteiger partial charge in [-0.25, -0.2) is 4.98 Å². The maximum atomic E-state index is 5.72. The van der Waals surface area contributed by atoms with Gasteiger partial charge in [0.1, 0.15) is 5.84 Å². The van der Waals surface area contributed by atoms with Crippen LogP contribution in [0.1, 0.15) is 19.8 Å². The third-order valence-electron chi connectivity index (χ3n) is 4.60. The number of pyridine rings is 2. The Morgan fingerprint density at radius 2 is 2.14 bits per heavy atom. The van der Waals surface area contributed by atoms with E-state index in [0.717, 1.165) is 61.0 Å². The number of hydrogen-bond donors (Lipinski definition) is 2. The molecule has 0 spiro atoms. The van der Waals surface area contributed by atoms with Gasteiger partial charge in [0.15, 0.2) is 0 Å². The number of rotatable bonds is 10. The van der Waals surface area contributed by atoms with E-state index >= 15 is 0 Å². The number of anilines is 2. The predicted octanol–water partition coefficient (Wildman–Crippen LogP) is 2.56. The first kappa shape index (κ1) is 21.0. The predicted molar refractivity (Wildman–Crippen MR) is 117 cm³/mol. The quantitative estimate of drug-likeness (QED) is 0.594. The highest BCUT2D eigenvalue weighted by molar-refractivity contribution is 6.04. The number of fused-ring (bicyclic) bond motifs is 1. The number of hydrogen-bond acceptors (Lipinski definition) is 7. The van der Waals surface area contributed by atoms with Crippen molar-refractivity contribution in [2.45, 2.75) is 19.8 Å². The molecule has 3 N–H and O–H groups in total. The molecule has 8 nitrogen and oxygen atoms in total. The molecule has 0 saturated heterocycles. The second kappa shape index (κ2) is 10.7. The SMILES string of the molecule is CCCOCCN1CC(=NCCCN)Nc2cnc(-c3ccc(OC)nc3)cc21. The molecule has 0 fully saturated rings. The highest BCUT2D eigenvalue weighted by Crippen LogP contribution is 2.32. The van der Waals surface area contributed by atoms with E-state index in [1.807, 2.05) is 18.3 Å². The van der Waals surface area contributed by atoms with E-state index in [4.69, 9.17) is 15.2 Å². The summed E-state index contributed by atoms with van der Waals surface area (Å²) in [5.74, 6) is 1.52. The number of nitrogens with two attached hydrogens (primary N) is 1. The molecule has 3 heterocycles. The number of aliphatic imine (C=N–C) groups is 1. The second-order valence-electron chi connectivity index (χ2n) is 6.81. The lowest BCUT2D eigenvalue weighted by Crippen LogP contribution is -2.40. The third-order valence-corrected chi connectivity index (χ3v) is 4.60. The molecule has 2 aromatic rings. The van der Waals surface area contributed by atoms with Crippen LogP contribution < -0.4 is 20.7 Å². The van der Waals surface area contributed by atoms with E-state index in [2.05, 4.69) is 38.2 Å². The van der Waals surface area contributed by atoms with Crippen LogP contribution in [0.5, 0.6) is 5.88 Å². The van der Waals surface area contributed by atoms with Gasteiger partial charge in [0.25, 0.3) is 0 Å². The average Bonchev–Trinajstić information content (AvgIpc) is 2.76. The third kappa shape index (κ3) is 5.65. The summed E-state index contributed by atoms with van der Waals surface area (Å²) in [6.45, 7) is 6.41. The molecule has 0 bridgehead atoms. The van der Waals surface area contributed by atoms with Crippen LogP contribution in [0.2, 0.25) is 0 Å². The second-order valence-corrected chi connectivity index (χ2v) is 6.81. The van der Waals surface area contributed by atoms with Crippen molar-refractivity contribution >= 4 is 17.2 Å². The van der Waals surface area contributed by atoms with E-state index in [1.165, 1.54) is 0 Å². The fourth-order valence-corrected chi connectivity index (χ4v) is 3.09. The molecule has 1 aliphatic rings. The highest BCUT2D eigenvalue weighted by atomic mass is 16.5. The Balaban J connectivity index is 1.83. The molecule has 3 rings (SSSR count). The van der Waals surface area contributed by atoms with Crippen LogP contribution in [0.3, 0.4) is 0 Å². The zero-order valence-corrected chi connectivity index (χ0v) is 17.2. The molecule has 0 aliphatic carbocycles. The van der Waals surface area contributed by atoms with Crippen molar-refractivity contribution in [3.05, 3.63) is 30.6 Å². The Morgan fingerprint density at radius 1 is 1.24 bits per heavy atom. The molecule has 0 aromatic carbocycles. The van der Waals surface area contributed by atoms with E-state index in [-0.39, 0.29) is 0 Å². The van der Waals surface area contributed by atoms with Crippen molar-refractivity contribution in [1.29, 1.82) is 0 Å². The topological polar surface area (TPSA) is 97.9 Å². The number of nitrogens with one attached hydrogen (secondary N) is 1. The minimum atomic E-state index is 0.585. The maximum Gasteiger partial charge on any atom is 0.212 e. The molecule has 0 radical (unpaired) electrons. The molecule has 1 aliphatic heterocycles. The van der Waals surface area contributed by atoms with Crippen LogP contribution in [0.15, 0.2) is 35.6 Å². The molecule has 0 atom stereocenters. The molecule has 0 unspecified atom stereocenters. The lowest BCUT2D eigenvalue weighted by molar-refractivity contribution is 0.141. The van der Waals surface area contributed by atoms with Crippen molar-refractivity contribution in [2.24, 2.45) is 10.7 Å². The number of nitrogens with zero attached hydrogens (tertiary/aromatic N) is 4. The van der Waals surface area contributed by atoms with Gasteiger partial charge in [-0.1, -0.05) is 6.92 Å². The summed E-state index contributed by atoms with van der Waals surface area (Å²) >= 11 is 0. The van der Waals surface area contributed by atoms with Gasteiger partial charge in [-0.05, 0) is 31.5 Å². The van der Waals surface area contributed by atoms with E-state index in [1.54, 1.807) is 13.3 Å². The zero-order valence-electron chi connectivity index (χ0n) is 17.2. The van der Waals surface area contributed by atoms with Gasteiger partial charge < -0.3 is 25.4 Å². The molecule has 0 saturated carbocycles. The lowest BCUT2D eigenvalue weighted by Gasteiger charge is -2.33. The summed E-state index contributed by atoms with van der Waals surface area (Å²) in [4.78, 5) is 15.8. The maximum absolute atomic E-state index is 5.72. The van der Waals surface area contributed by atoms with Crippen LogP contribution >= 0.6 is 0 Å². The number of aromatic nitrogens is 2. The summed E-state index contributed by atoms with van der Waals surface area (Å²) in [6, 6.07) is 5.89. The first-order valence-corrected chi connectivity index (χ1v) is 10.1. The summed E-state index contributed by atoms with van der Waals surface area (Å²) in [7, 11) is 1.61. The van der Waals surface area contributed by atoms with Crippen LogP contribution in [0.25, 0.3) is 11.3 Å². The van der Waals surface area contributed by atoms with Crippen LogP contribution in [0, 0.1) is 0 Å². The molecule has 0 amide bonds. The fourth-order valence-electron chi connectivity index (χ4n) is 3.09. The first-order chi connectivity index (χ1) is 14.2. The normalized spacial score (nSPS) is 14.6. The van der Waals surface area contributed by atoms with Gasteiger partial charge in [-0.15, -0.1) is 0 Å². The Kier molecular flexibility index (Phi) is 7.77. The van der Waals surface area contributed by atoms with E-state index in [0.29, 0.717) is 25.6 Å². The fraction of sp³-hybridized carbons (Fsp3) is 0.476. The van der Waals surface area contributed by atoms with E-state index < -0.39 is 0 Å². The Labute approximate surface area is 172 Å². The summed E-state index contributed by atoms with van der Waals surface area (Å²) in [5, 5.41) is 3.41. The standard InChI is InChI=1S/C21H30N6O2/c1-3-10-29-11-9-27-15-20(23-8-4-7-22)26-18-14-24-17(12-19(18)27)16-5-6-21(28-2)25-13-16/h5-6,12-14H,3-4,7-11,15,22H2,1-2H3,(H,23,26). The van der Waals surface area contributed by atoms with Gasteiger partial charge in [0.05, 0.1) is 43.5 Å². The monoisotopic (exact) mass is 398 g/mol. The number of ether oxygens (including phenoxy) is 2. The summed E-state index contributed by atoms with van der Waals surface area (Å²) in [5.41, 5.74) is 9.43. The Hall–Kier alpha value is -2.71. The molecule has 29 heavy (non-hydrogen) atoms. The molecular weight excluding hydrogens is 368 g/mol. The molecule has 156 valence electrons. The van der Waals surface area contributed by atoms with Crippen molar-refractivity contribution in [3.63, 3.8) is 0 Å². The zero-order chi connectivity index (χ0) is 20.5. The highest BCUT2D eigenvalue weighted by Gasteiger charge is 2.22. The summed E-state index contributed by atoms with van der Waals surface area (Å²) in [6.07, 6.45) is 5.52. The number of amidine groups is 1. The van der Waals surface area contributed by atoms with Crippen LogP contribution in [0.4, 0.5) is 11.4 Å². The largest absolute Gasteiger partial charge is 0.481 e. The smallest absolute Gasteiger partial charge is 0.212 e. The minimum Gasteiger partial charge on any atom is -0.481 e. The molecular formula is C21H30N6O2. The van der Waals surface area contributed by atoms with Gasteiger partial charge >= 0.3 is 0 Å². The minimum absolute atomic E-state index is 0.585. The first-order valence-electron chi connectivity index (χ1n) is 10.1. The average molecular weight is 399 g/mol. The van der Waals surface area contributed by atoms with E-state index in [9.17, 15) is 0 Å². The van der Waals surface area contributed by atoms with Crippen molar-refractivity contribution in [2.75, 3.05) is 56.7 Å². The van der Waals surface area contributed by atoms with Crippen LogP contribution in [-0.2, 0) is 4.74 Å². The van der Waals surface area contributed by atoms with Crippen molar-refractivity contribution < 1.29 is 9.47 Å². The van der Waals surface area contributed by atoms with Crippen LogP contribution in [-0.4, -0.2) is 62.3 Å². The molecule has 8 heteroatoms. The van der Waals surface area contributed by atoms with Crippen molar-refractivity contribution in [3.8, 4) is 17.1 Å². The van der Waals surface area contributed by atoms with Crippen molar-refractivity contribution in [1.82, 2.24) is 9.97 Å². The van der Waals surface area contributed by atoms with Gasteiger partial charge in [0.2, 0.25) is 5.88 Å². The number of methoxy groups -OCH3 is 1. The Morgan fingerprint density at radius 3 is 2.86 bits per heavy atom. The Bertz CT molecular complexity index is 809.